The molecule has 2 aromatic rings. The quantitative estimate of drug-likeness (QED) is 0.576. The Kier molecular flexibility index (Phi) is 14.2. The molecule has 0 bridgehead atoms. The van der Waals surface area contributed by atoms with Crippen molar-refractivity contribution in [3.05, 3.63) is 58.5 Å². The zero-order valence-electron chi connectivity index (χ0n) is 16.0. The summed E-state index contributed by atoms with van der Waals surface area (Å²) in [5.74, 6) is 0. The monoisotopic (exact) mass is 386 g/mol. The molecule has 0 heterocycles. The van der Waals surface area contributed by atoms with Crippen LogP contribution in [0.5, 0.6) is 0 Å². The summed E-state index contributed by atoms with van der Waals surface area (Å²) in [6, 6.07) is 14.6. The second-order valence-corrected chi connectivity index (χ2v) is 5.42. The molecule has 0 aromatic heterocycles. The Morgan fingerprint density at radius 3 is 1.29 bits per heavy atom. The number of halogens is 1. The van der Waals surface area contributed by atoms with Gasteiger partial charge in [0.25, 0.3) is 0 Å². The Morgan fingerprint density at radius 2 is 1.07 bits per heavy atom. The molecule has 10 heteroatoms. The van der Waals surface area contributed by atoms with E-state index in [0.29, 0.717) is 11.4 Å². The molecule has 0 saturated heterocycles. The first-order valence-electron chi connectivity index (χ1n) is 8.80. The molecule has 2 aromatic carbocycles. The van der Waals surface area contributed by atoms with Crippen LogP contribution in [0.4, 0.5) is 27.1 Å². The lowest BCUT2D eigenvalue weighted by atomic mass is 10.3. The van der Waals surface area contributed by atoms with Crippen LogP contribution < -0.4 is 20.7 Å². The van der Waals surface area contributed by atoms with Crippen LogP contribution in [-0.4, -0.2) is 20.5 Å². The third kappa shape index (κ3) is 13.1. The van der Waals surface area contributed by atoms with Crippen LogP contribution in [0.15, 0.2) is 48.5 Å². The number of anilines is 2. The number of hydrogen-bond donors (Lipinski definition) is 2. The number of benzene rings is 2. The van der Waals surface area contributed by atoms with Gasteiger partial charge < -0.3 is 25.0 Å². The molecule has 0 saturated carbocycles. The van der Waals surface area contributed by atoms with E-state index in [4.69, 9.17) is 20.8 Å². The first-order valence-corrected chi connectivity index (χ1v) is 8.80. The molecule has 0 unspecified atom stereocenters. The molecule has 28 heavy (non-hydrogen) atoms. The third-order valence-corrected chi connectivity index (χ3v) is 3.12. The van der Waals surface area contributed by atoms with Gasteiger partial charge in [0.05, 0.1) is 0 Å². The van der Waals surface area contributed by atoms with Crippen molar-refractivity contribution in [1.82, 2.24) is 0 Å². The molecule has 2 N–H and O–H groups in total. The standard InChI is InChI=1S/2C9H12N3.BFO2/c2*1-2-7-11-8-3-5-9(12-10)6-4-8;2-1(3)4/h2*3-6,11H,2,7H2,1H3;/q2*+1;-2. The van der Waals surface area contributed by atoms with Crippen LogP contribution in [0.3, 0.4) is 0 Å². The normalized spacial score (nSPS) is 8.68. The molecule has 0 radical (unpaired) electrons. The molecular weight excluding hydrogens is 362 g/mol. The summed E-state index contributed by atoms with van der Waals surface area (Å²) in [4.78, 5) is 6.13. The fourth-order valence-corrected chi connectivity index (χ4v) is 1.83. The number of nitrogens with zero attached hydrogens (tertiary/aromatic N) is 4. The maximum absolute atomic E-state index is 9.89. The fourth-order valence-electron chi connectivity index (χ4n) is 1.83. The zero-order chi connectivity index (χ0) is 21.2. The highest BCUT2D eigenvalue weighted by molar-refractivity contribution is 6.27. The van der Waals surface area contributed by atoms with E-state index in [9.17, 15) is 4.32 Å². The Labute approximate surface area is 164 Å². The lowest BCUT2D eigenvalue weighted by Crippen LogP contribution is -2.39. The lowest BCUT2D eigenvalue weighted by Gasteiger charge is -2.09. The van der Waals surface area contributed by atoms with Gasteiger partial charge in [-0.1, -0.05) is 13.8 Å². The smallest absolute Gasteiger partial charge is 0.385 e. The predicted octanol–water partition coefficient (Wildman–Crippen LogP) is 3.65. The van der Waals surface area contributed by atoms with E-state index in [1.165, 1.54) is 0 Å². The number of rotatable bonds is 6. The molecule has 0 fully saturated rings. The van der Waals surface area contributed by atoms with Crippen molar-refractivity contribution in [3.8, 4) is 0 Å². The second kappa shape index (κ2) is 16.0. The highest BCUT2D eigenvalue weighted by Crippen LogP contribution is 2.16. The summed E-state index contributed by atoms with van der Waals surface area (Å²) in [7, 11) is -3.17. The SMILES string of the molecule is CCCNc1ccc([N+]#N)cc1.CCCNc1ccc([N+]#N)cc1.[O-]B([O-])F. The highest BCUT2D eigenvalue weighted by atomic mass is 19.1. The average molecular weight is 386 g/mol. The van der Waals surface area contributed by atoms with Gasteiger partial charge in [-0.2, -0.15) is 0 Å². The molecular formula is C18H24BFN6O2. The molecule has 0 aliphatic carbocycles. The summed E-state index contributed by atoms with van der Waals surface area (Å²) in [5.41, 5.74) is 3.28. The van der Waals surface area contributed by atoms with Crippen molar-refractivity contribution in [2.24, 2.45) is 0 Å². The van der Waals surface area contributed by atoms with Crippen LogP contribution in [-0.2, 0) is 0 Å². The molecule has 148 valence electrons. The van der Waals surface area contributed by atoms with Crippen molar-refractivity contribution >= 4 is 30.1 Å². The van der Waals surface area contributed by atoms with Crippen molar-refractivity contribution in [2.45, 2.75) is 26.7 Å². The van der Waals surface area contributed by atoms with Crippen LogP contribution in [0.2, 0.25) is 0 Å². The predicted molar refractivity (Wildman–Crippen MR) is 107 cm³/mol. The molecule has 0 aliphatic rings. The molecule has 2 rings (SSSR count). The van der Waals surface area contributed by atoms with Gasteiger partial charge in [0.15, 0.2) is 9.95 Å². The molecule has 8 nitrogen and oxygen atoms in total. The average Bonchev–Trinajstić information content (AvgIpc) is 2.71. The molecule has 0 aliphatic heterocycles. The van der Waals surface area contributed by atoms with Crippen molar-refractivity contribution in [1.29, 1.82) is 10.8 Å². The van der Waals surface area contributed by atoms with E-state index >= 15 is 0 Å². The molecule has 0 amide bonds. The maximum Gasteiger partial charge on any atom is 0.385 e. The zero-order valence-corrected chi connectivity index (χ0v) is 16.0. The van der Waals surface area contributed by atoms with Gasteiger partial charge in [-0.25, -0.2) is 0 Å². The summed E-state index contributed by atoms with van der Waals surface area (Å²) < 4.78 is 9.89. The minimum Gasteiger partial charge on any atom is -0.867 e. The van der Waals surface area contributed by atoms with Crippen LogP contribution in [0, 0.1) is 10.8 Å². The fraction of sp³-hybridized carbons (Fsp3) is 0.333. The Morgan fingerprint density at radius 1 is 0.786 bits per heavy atom. The third-order valence-electron chi connectivity index (χ3n) is 3.12. The first-order chi connectivity index (χ1) is 13.5. The number of nitrogens with one attached hydrogen (secondary N) is 2. The van der Waals surface area contributed by atoms with Gasteiger partial charge in [0, 0.05) is 48.7 Å². The number of hydrogen-bond acceptors (Lipinski definition) is 6. The van der Waals surface area contributed by atoms with Gasteiger partial charge in [-0.15, -0.1) is 0 Å². The maximum atomic E-state index is 9.89. The van der Waals surface area contributed by atoms with E-state index in [1.807, 2.05) is 24.3 Å². The summed E-state index contributed by atoms with van der Waals surface area (Å²) >= 11 is 0. The van der Waals surface area contributed by atoms with Crippen LogP contribution in [0.25, 0.3) is 9.95 Å². The largest absolute Gasteiger partial charge is 0.867 e. The van der Waals surface area contributed by atoms with E-state index < -0.39 is 7.40 Å². The van der Waals surface area contributed by atoms with Gasteiger partial charge in [0.1, 0.15) is 7.40 Å². The van der Waals surface area contributed by atoms with E-state index in [-0.39, 0.29) is 0 Å². The van der Waals surface area contributed by atoms with E-state index in [0.717, 1.165) is 37.3 Å². The summed E-state index contributed by atoms with van der Waals surface area (Å²) in [5, 5.41) is 39.9. The van der Waals surface area contributed by atoms with Crippen molar-refractivity contribution < 1.29 is 14.4 Å². The highest BCUT2D eigenvalue weighted by Gasteiger charge is 2.01. The van der Waals surface area contributed by atoms with Crippen molar-refractivity contribution in [2.75, 3.05) is 23.7 Å². The number of diazo groups is 2. The van der Waals surface area contributed by atoms with Crippen molar-refractivity contribution in [3.63, 3.8) is 0 Å². The van der Waals surface area contributed by atoms with E-state index in [1.54, 1.807) is 24.3 Å². The van der Waals surface area contributed by atoms with Crippen LogP contribution in [0.1, 0.15) is 26.7 Å². The second-order valence-electron chi connectivity index (χ2n) is 5.42. The van der Waals surface area contributed by atoms with Crippen LogP contribution >= 0.6 is 0 Å². The van der Waals surface area contributed by atoms with Gasteiger partial charge in [-0.3, -0.25) is 0 Å². The van der Waals surface area contributed by atoms with E-state index in [2.05, 4.69) is 34.4 Å². The first kappa shape index (κ1) is 24.8. The minimum atomic E-state index is -3.17. The Bertz CT molecular complexity index is 665. The Balaban J connectivity index is 0.000000439. The molecule has 0 atom stereocenters. The lowest BCUT2D eigenvalue weighted by molar-refractivity contribution is -0.366. The summed E-state index contributed by atoms with van der Waals surface area (Å²) in [6.07, 6.45) is 2.21. The minimum absolute atomic E-state index is 0.581. The Hall–Kier alpha value is -3.21. The molecule has 0 spiro atoms. The summed E-state index contributed by atoms with van der Waals surface area (Å²) in [6.45, 7) is 6.17. The topological polar surface area (TPSA) is 126 Å². The van der Waals surface area contributed by atoms with Gasteiger partial charge >= 0.3 is 11.4 Å². The van der Waals surface area contributed by atoms with Gasteiger partial charge in [0.2, 0.25) is 10.8 Å². The van der Waals surface area contributed by atoms with Gasteiger partial charge in [-0.05, 0) is 37.1 Å².